The first kappa shape index (κ1) is 85.1. The van der Waals surface area contributed by atoms with Crippen molar-refractivity contribution in [1.29, 1.82) is 0 Å². The second-order valence-corrected chi connectivity index (χ2v) is 21.1. The summed E-state index contributed by atoms with van der Waals surface area (Å²) in [7, 11) is 0. The fourth-order valence-corrected chi connectivity index (χ4v) is 9.08. The molecule has 0 spiro atoms. The molecule has 3 radical (unpaired) electrons. The molecule has 0 unspecified atom stereocenters. The standard InChI is InChI=1S/C33H28F6N2O6.C19H24O2.C7H3ClF3NO2.CH2O3.B.HI.2K.H/c1-17-11-21(12-18(2)29(17)46-27-9-7-23(40(42)43)15-25(27)32(34,35)36)31(5,6)22-13-19(3)30(20(4)14-22)47-28-10-8-24(41(44)45)16-26(28)33(37,38)39;1-11-7-15(8-12(2)17(11)20)19(5,6)16-9-13(3)18(21)14(4)10-16;8-6-2-1-4(12(13)14)3-5(6)7(9,10)11;2-1-4-3;;;;;/h7-16H,1-6H3;7-10,20-21H,1-6H3;1-3H;1,3H;;1H;;;/q;;;;;;2*+1;-1/p-1. The van der Waals surface area contributed by atoms with Crippen molar-refractivity contribution in [3.05, 3.63) is 222 Å². The summed E-state index contributed by atoms with van der Waals surface area (Å²) in [5, 5.41) is 60.1. The van der Waals surface area contributed by atoms with Gasteiger partial charge in [0.15, 0.2) is 0 Å². The number of phenols is 2. The Balaban J connectivity index is 0. The van der Waals surface area contributed by atoms with Gasteiger partial charge in [0, 0.05) is 55.6 Å². The van der Waals surface area contributed by atoms with Gasteiger partial charge in [-0.05, 0) is 140 Å². The minimum absolute atomic E-state index is 0. The number of ether oxygens (including phenoxy) is 2. The number of alkyl halides is 9. The minimum Gasteiger partial charge on any atom is -1.00 e. The van der Waals surface area contributed by atoms with E-state index in [1.165, 1.54) is 11.1 Å². The van der Waals surface area contributed by atoms with Crippen LogP contribution in [0.4, 0.5) is 56.6 Å². The van der Waals surface area contributed by atoms with Crippen molar-refractivity contribution in [2.45, 2.75) is 112 Å². The van der Waals surface area contributed by atoms with Crippen molar-refractivity contribution < 1.29 is 193 Å². The number of nitro benzene ring substituents is 3. The van der Waals surface area contributed by atoms with Crippen molar-refractivity contribution in [2.24, 2.45) is 0 Å². The third-order valence-electron chi connectivity index (χ3n) is 13.7. The number of halogens is 11. The summed E-state index contributed by atoms with van der Waals surface area (Å²) in [5.41, 5.74) is 2.58. The summed E-state index contributed by atoms with van der Waals surface area (Å²) in [6.45, 7) is 22.3. The van der Waals surface area contributed by atoms with E-state index < -0.39 is 89.0 Å². The van der Waals surface area contributed by atoms with Gasteiger partial charge >= 0.3 is 121 Å². The Bertz CT molecular complexity index is 3470. The molecule has 0 aromatic heterocycles. The molecule has 0 aliphatic heterocycles. The number of hydrogen-bond acceptors (Lipinski definition) is 13. The first-order valence-corrected chi connectivity index (χ1v) is 25.5. The van der Waals surface area contributed by atoms with Crippen LogP contribution in [0, 0.1) is 85.7 Å². The largest absolute Gasteiger partial charge is 1.00 e. The zero-order valence-electron chi connectivity index (χ0n) is 51.9. The maximum atomic E-state index is 13.8. The number of carbonyl (C=O) groups excluding carboxylic acids is 1. The first-order valence-electron chi connectivity index (χ1n) is 25.1. The van der Waals surface area contributed by atoms with Crippen LogP contribution in [0.25, 0.3) is 0 Å². The molecule has 90 heavy (non-hydrogen) atoms. The van der Waals surface area contributed by atoms with E-state index in [-0.39, 0.29) is 160 Å². The molecular weight excluding hydrogens is 1390 g/mol. The number of phenolic OH excluding ortho intramolecular Hbond substituents is 2. The van der Waals surface area contributed by atoms with Gasteiger partial charge in [-0.1, -0.05) is 87.8 Å². The van der Waals surface area contributed by atoms with Gasteiger partial charge in [0.2, 0.25) is 0 Å². The molecule has 0 amide bonds. The number of nitro groups is 3. The van der Waals surface area contributed by atoms with Crippen molar-refractivity contribution in [3.8, 4) is 34.5 Å². The second-order valence-electron chi connectivity index (χ2n) is 20.7. The van der Waals surface area contributed by atoms with E-state index in [1.807, 2.05) is 65.8 Å². The van der Waals surface area contributed by atoms with Gasteiger partial charge in [0.1, 0.15) is 45.6 Å². The van der Waals surface area contributed by atoms with Gasteiger partial charge in [-0.15, -0.1) is 24.0 Å². The van der Waals surface area contributed by atoms with Crippen LogP contribution in [0.3, 0.4) is 0 Å². The van der Waals surface area contributed by atoms with Crippen LogP contribution in [0.5, 0.6) is 34.5 Å². The fourth-order valence-electron chi connectivity index (χ4n) is 8.86. The molecule has 0 aliphatic rings. The molecule has 2 N–H and O–H groups in total. The number of aryl methyl sites for hydroxylation is 8. The summed E-state index contributed by atoms with van der Waals surface area (Å²) in [6, 6.07) is 21.8. The number of non-ortho nitro benzene ring substituents is 3. The summed E-state index contributed by atoms with van der Waals surface area (Å²) in [4.78, 5) is 40.8. The summed E-state index contributed by atoms with van der Waals surface area (Å²) >= 11 is 5.24. The Morgan fingerprint density at radius 1 is 0.456 bits per heavy atom. The third-order valence-corrected chi connectivity index (χ3v) is 14.0. The zero-order valence-corrected chi connectivity index (χ0v) is 60.2. The van der Waals surface area contributed by atoms with Crippen LogP contribution in [0.1, 0.15) is 113 Å². The predicted molar refractivity (Wildman–Crippen MR) is 320 cm³/mol. The van der Waals surface area contributed by atoms with Gasteiger partial charge < -0.3 is 31.3 Å². The average molecular weight is 1450 g/mol. The maximum absolute atomic E-state index is 13.8. The van der Waals surface area contributed by atoms with Crippen molar-refractivity contribution in [2.75, 3.05) is 0 Å². The quantitative estimate of drug-likeness (QED) is 0.0220. The molecule has 0 atom stereocenters. The molecule has 7 aromatic carbocycles. The number of aromatic hydroxyl groups is 2. The Morgan fingerprint density at radius 3 is 0.900 bits per heavy atom. The Hall–Kier alpha value is -4.90. The average Bonchev–Trinajstić information content (AvgIpc) is 1.20. The second kappa shape index (κ2) is 34.3. The van der Waals surface area contributed by atoms with E-state index in [4.69, 9.17) is 31.1 Å². The topological polar surface area (TPSA) is 238 Å². The summed E-state index contributed by atoms with van der Waals surface area (Å²) in [5.74, 6) is -0.165. The minimum atomic E-state index is -4.91. The van der Waals surface area contributed by atoms with E-state index in [1.54, 1.807) is 52.0 Å². The van der Waals surface area contributed by atoms with Gasteiger partial charge in [-0.2, -0.15) is 39.5 Å². The Morgan fingerprint density at radius 2 is 0.678 bits per heavy atom. The number of rotatable bonds is 12. The predicted octanol–water partition coefficient (Wildman–Crippen LogP) is 11.4. The van der Waals surface area contributed by atoms with Gasteiger partial charge in [0.05, 0.1) is 25.4 Å². The molecule has 0 fully saturated rings. The van der Waals surface area contributed by atoms with Crippen LogP contribution in [0.15, 0.2) is 103 Å². The monoisotopic (exact) mass is 1450 g/mol. The van der Waals surface area contributed by atoms with Crippen molar-refractivity contribution >= 4 is 67.5 Å². The Kier molecular flexibility index (Phi) is 32.4. The number of carbonyl (C=O) groups is 1. The molecule has 7 aromatic rings. The molecule has 0 bridgehead atoms. The van der Waals surface area contributed by atoms with Gasteiger partial charge in [-0.3, -0.25) is 35.1 Å². The number of hydrogen-bond donors (Lipinski definition) is 2. The molecule has 0 saturated heterocycles. The van der Waals surface area contributed by atoms with Gasteiger partial charge in [-0.25, -0.2) is 0 Å². The van der Waals surface area contributed by atoms with E-state index in [0.29, 0.717) is 52.0 Å². The van der Waals surface area contributed by atoms with E-state index in [0.717, 1.165) is 69.8 Å². The zero-order chi connectivity index (χ0) is 65.5. The van der Waals surface area contributed by atoms with Gasteiger partial charge in [0.25, 0.3) is 23.5 Å². The van der Waals surface area contributed by atoms with Crippen LogP contribution in [0.2, 0.25) is 5.02 Å². The summed E-state index contributed by atoms with van der Waals surface area (Å²) in [6.07, 6.45) is -14.5. The Labute approximate surface area is 622 Å². The SMILES string of the molecule is Cc1cc(C(C)(C)c2cc(C)c(O)c(C)c2)cc(C)c1O.Cc1cc(C(C)(C)c2cc(C)c(Oc3ccc([N+](=O)[O-])cc3C(F)(F)F)c(C)c2)cc(C)c1Oc1ccc([N+](=O)[O-])cc1C(F)(F)F.I.O=CO[O-].O=[N+]([O-])c1ccc(Cl)c(C(F)(F)F)c1.[B].[H-].[K+].[K+]. The molecule has 473 valence electrons. The van der Waals surface area contributed by atoms with E-state index in [2.05, 4.69) is 18.7 Å². The molecule has 0 aliphatic carbocycles. The fraction of sp³-hybridized carbons (Fsp3) is 0.283. The van der Waals surface area contributed by atoms with Crippen LogP contribution < -0.4 is 118 Å². The number of nitrogens with zero attached hydrogens (tertiary/aromatic N) is 3. The van der Waals surface area contributed by atoms with Crippen molar-refractivity contribution in [3.63, 3.8) is 0 Å². The van der Waals surface area contributed by atoms with Crippen LogP contribution in [-0.4, -0.2) is 39.9 Å². The van der Waals surface area contributed by atoms with Crippen molar-refractivity contribution in [1.82, 2.24) is 0 Å². The molecule has 16 nitrogen and oxygen atoms in total. The summed E-state index contributed by atoms with van der Waals surface area (Å²) < 4.78 is 130. The molecule has 0 saturated carbocycles. The van der Waals surface area contributed by atoms with Crippen LogP contribution in [-0.2, 0) is 39.0 Å². The van der Waals surface area contributed by atoms with E-state index in [9.17, 15) is 80.1 Å². The number of benzene rings is 7. The maximum Gasteiger partial charge on any atom is 1.00 e. The normalized spacial score (nSPS) is 11.1. The molecule has 0 heterocycles. The van der Waals surface area contributed by atoms with Crippen LogP contribution >= 0.6 is 35.6 Å². The third kappa shape index (κ3) is 21.6. The molecule has 7 rings (SSSR count). The molecular formula is C60H58BClF9IK2N3O13. The smallest absolute Gasteiger partial charge is 1.00 e. The first-order chi connectivity index (χ1) is 39.5. The molecule has 30 heteroatoms. The van der Waals surface area contributed by atoms with E-state index >= 15 is 0 Å².